The van der Waals surface area contributed by atoms with Gasteiger partial charge in [-0.15, -0.1) is 0 Å². The van der Waals surface area contributed by atoms with Gasteiger partial charge in [-0.1, -0.05) is 0 Å². The van der Waals surface area contributed by atoms with E-state index in [1.807, 2.05) is 19.9 Å². The first-order valence-electron chi connectivity index (χ1n) is 7.56. The van der Waals surface area contributed by atoms with Gasteiger partial charge in [0.1, 0.15) is 18.2 Å². The first kappa shape index (κ1) is 14.9. The summed E-state index contributed by atoms with van der Waals surface area (Å²) in [5.74, 6) is 0.321. The number of pyridine rings is 1. The maximum atomic E-state index is 12.6. The molecule has 0 unspecified atom stereocenters. The third-order valence-corrected chi connectivity index (χ3v) is 3.68. The minimum absolute atomic E-state index is 0.289. The number of carbonyl (C=O) groups excluding carboxylic acids is 1. The fourth-order valence-corrected chi connectivity index (χ4v) is 2.55. The van der Waals surface area contributed by atoms with Gasteiger partial charge in [-0.05, 0) is 32.0 Å². The lowest BCUT2D eigenvalue weighted by atomic mass is 10.3. The van der Waals surface area contributed by atoms with Gasteiger partial charge in [0.2, 0.25) is 0 Å². The van der Waals surface area contributed by atoms with Gasteiger partial charge >= 0.3 is 0 Å². The van der Waals surface area contributed by atoms with E-state index in [-0.39, 0.29) is 5.91 Å². The van der Waals surface area contributed by atoms with Crippen molar-refractivity contribution in [3.05, 3.63) is 60.2 Å². The van der Waals surface area contributed by atoms with Crippen molar-refractivity contribution in [2.75, 3.05) is 5.32 Å². The zero-order chi connectivity index (χ0) is 17.4. The molecular weight excluding hydrogens is 320 g/mol. The van der Waals surface area contributed by atoms with Crippen LogP contribution < -0.4 is 5.32 Å². The van der Waals surface area contributed by atoms with Crippen LogP contribution in [0.15, 0.2) is 43.2 Å². The maximum Gasteiger partial charge on any atom is 0.261 e. The molecule has 0 radical (unpaired) electrons. The zero-order valence-corrected chi connectivity index (χ0v) is 13.6. The largest absolute Gasteiger partial charge is 0.320 e. The van der Waals surface area contributed by atoms with E-state index in [0.717, 1.165) is 11.4 Å². The number of amides is 1. The van der Waals surface area contributed by atoms with Crippen LogP contribution in [0.1, 0.15) is 21.7 Å². The summed E-state index contributed by atoms with van der Waals surface area (Å²) < 4.78 is 3.18. The quantitative estimate of drug-likeness (QED) is 0.610. The highest BCUT2D eigenvalue weighted by Crippen LogP contribution is 2.15. The summed E-state index contributed by atoms with van der Waals surface area (Å²) in [7, 11) is 0. The normalized spacial score (nSPS) is 11.0. The van der Waals surface area contributed by atoms with Gasteiger partial charge in [0.15, 0.2) is 11.5 Å². The monoisotopic (exact) mass is 334 g/mol. The molecule has 4 aromatic rings. The van der Waals surface area contributed by atoms with Gasteiger partial charge in [0.05, 0.1) is 18.1 Å². The number of aryl methyl sites for hydroxylation is 2. The maximum absolute atomic E-state index is 12.6. The van der Waals surface area contributed by atoms with E-state index in [0.29, 0.717) is 22.7 Å². The van der Waals surface area contributed by atoms with Crippen LogP contribution in [0.4, 0.5) is 5.69 Å². The third kappa shape index (κ3) is 2.71. The van der Waals surface area contributed by atoms with Crippen LogP contribution in [0, 0.1) is 13.8 Å². The molecule has 0 fully saturated rings. The smallest absolute Gasteiger partial charge is 0.261 e. The number of fused-ring (bicyclic) bond motifs is 1. The molecule has 124 valence electrons. The van der Waals surface area contributed by atoms with Crippen LogP contribution in [0.3, 0.4) is 0 Å². The predicted molar refractivity (Wildman–Crippen MR) is 89.6 cm³/mol. The minimum Gasteiger partial charge on any atom is -0.320 e. The van der Waals surface area contributed by atoms with Crippen molar-refractivity contribution in [3.8, 4) is 5.82 Å². The van der Waals surface area contributed by atoms with Crippen LogP contribution in [-0.2, 0) is 0 Å². The van der Waals surface area contributed by atoms with E-state index in [1.165, 1.54) is 17.2 Å². The number of hydrogen-bond donors (Lipinski definition) is 1. The van der Waals surface area contributed by atoms with E-state index in [9.17, 15) is 4.79 Å². The van der Waals surface area contributed by atoms with Crippen molar-refractivity contribution >= 4 is 17.2 Å². The molecule has 0 saturated heterocycles. The fraction of sp³-hybridized carbons (Fsp3) is 0.125. The van der Waals surface area contributed by atoms with Gasteiger partial charge in [-0.25, -0.2) is 24.1 Å². The van der Waals surface area contributed by atoms with E-state index in [1.54, 1.807) is 29.2 Å². The highest BCUT2D eigenvalue weighted by molar-refractivity contribution is 6.08. The Balaban J connectivity index is 1.60. The van der Waals surface area contributed by atoms with Crippen molar-refractivity contribution in [2.45, 2.75) is 13.8 Å². The SMILES string of the molecule is Cc1cc(C)n2ncc(C(=O)Nc3ccc(-n4cncn4)nc3)c2n1. The molecule has 9 heteroatoms. The topological polar surface area (TPSA) is 103 Å². The van der Waals surface area contributed by atoms with Crippen LogP contribution in [0.5, 0.6) is 0 Å². The number of carbonyl (C=O) groups is 1. The molecule has 0 spiro atoms. The van der Waals surface area contributed by atoms with Crippen molar-refractivity contribution in [2.24, 2.45) is 0 Å². The fourth-order valence-electron chi connectivity index (χ4n) is 2.55. The molecule has 0 bridgehead atoms. The molecular formula is C16H14N8O. The standard InChI is InChI=1S/C16H14N8O/c1-10-5-11(2)24-15(21-10)13(7-19-24)16(25)22-12-3-4-14(18-6-12)23-9-17-8-20-23/h3-9H,1-2H3,(H,22,25). The molecule has 0 aliphatic carbocycles. The van der Waals surface area contributed by atoms with Crippen LogP contribution in [0.2, 0.25) is 0 Å². The Morgan fingerprint density at radius 2 is 2.04 bits per heavy atom. The van der Waals surface area contributed by atoms with Crippen LogP contribution >= 0.6 is 0 Å². The number of hydrogen-bond acceptors (Lipinski definition) is 6. The summed E-state index contributed by atoms with van der Waals surface area (Å²) in [6, 6.07) is 5.40. The average molecular weight is 334 g/mol. The molecule has 4 heterocycles. The van der Waals surface area contributed by atoms with Crippen LogP contribution in [0.25, 0.3) is 11.5 Å². The van der Waals surface area contributed by atoms with E-state index in [2.05, 4.69) is 30.5 Å². The minimum atomic E-state index is -0.289. The molecule has 1 amide bonds. The molecule has 4 aromatic heterocycles. The Bertz CT molecular complexity index is 1050. The number of rotatable bonds is 3. The van der Waals surface area contributed by atoms with Gasteiger partial charge in [-0.2, -0.15) is 10.2 Å². The van der Waals surface area contributed by atoms with E-state index >= 15 is 0 Å². The Morgan fingerprint density at radius 1 is 1.16 bits per heavy atom. The molecule has 1 N–H and O–H groups in total. The molecule has 0 atom stereocenters. The summed E-state index contributed by atoms with van der Waals surface area (Å²) in [4.78, 5) is 25.1. The Kier molecular flexibility index (Phi) is 3.46. The summed E-state index contributed by atoms with van der Waals surface area (Å²) in [6.07, 6.45) is 6.06. The lowest BCUT2D eigenvalue weighted by Crippen LogP contribution is -2.13. The van der Waals surface area contributed by atoms with Crippen molar-refractivity contribution in [1.82, 2.24) is 34.3 Å². The second kappa shape index (κ2) is 5.78. The van der Waals surface area contributed by atoms with Crippen LogP contribution in [-0.4, -0.2) is 40.3 Å². The van der Waals surface area contributed by atoms with Gasteiger partial charge < -0.3 is 5.32 Å². The molecule has 0 aliphatic heterocycles. The Labute approximate surface area is 142 Å². The second-order valence-electron chi connectivity index (χ2n) is 5.53. The molecule has 0 saturated carbocycles. The summed E-state index contributed by atoms with van der Waals surface area (Å²) in [5.41, 5.74) is 3.26. The molecule has 0 aromatic carbocycles. The average Bonchev–Trinajstić information content (AvgIpc) is 3.25. The van der Waals surface area contributed by atoms with Crippen molar-refractivity contribution in [1.29, 1.82) is 0 Å². The van der Waals surface area contributed by atoms with Gasteiger partial charge in [0, 0.05) is 11.4 Å². The zero-order valence-electron chi connectivity index (χ0n) is 13.6. The number of anilines is 1. The van der Waals surface area contributed by atoms with Gasteiger partial charge in [0.25, 0.3) is 5.91 Å². The summed E-state index contributed by atoms with van der Waals surface area (Å²) >= 11 is 0. The molecule has 25 heavy (non-hydrogen) atoms. The lowest BCUT2D eigenvalue weighted by molar-refractivity contribution is 0.102. The van der Waals surface area contributed by atoms with Crippen molar-refractivity contribution in [3.63, 3.8) is 0 Å². The number of nitrogens with zero attached hydrogens (tertiary/aromatic N) is 7. The summed E-state index contributed by atoms with van der Waals surface area (Å²) in [6.45, 7) is 3.80. The predicted octanol–water partition coefficient (Wildman–Crippen LogP) is 1.57. The molecule has 4 rings (SSSR count). The number of aromatic nitrogens is 7. The lowest BCUT2D eigenvalue weighted by Gasteiger charge is -2.06. The summed E-state index contributed by atoms with van der Waals surface area (Å²) in [5, 5.41) is 11.0. The van der Waals surface area contributed by atoms with E-state index < -0.39 is 0 Å². The Morgan fingerprint density at radius 3 is 2.76 bits per heavy atom. The third-order valence-electron chi connectivity index (χ3n) is 3.68. The molecule has 9 nitrogen and oxygen atoms in total. The van der Waals surface area contributed by atoms with Crippen molar-refractivity contribution < 1.29 is 4.79 Å². The Hall–Kier alpha value is -3.62. The first-order chi connectivity index (χ1) is 12.1. The van der Waals surface area contributed by atoms with Gasteiger partial charge in [-0.3, -0.25) is 4.79 Å². The highest BCUT2D eigenvalue weighted by atomic mass is 16.1. The first-order valence-corrected chi connectivity index (χ1v) is 7.56. The second-order valence-corrected chi connectivity index (χ2v) is 5.53. The highest BCUT2D eigenvalue weighted by Gasteiger charge is 2.16. The van der Waals surface area contributed by atoms with E-state index in [4.69, 9.17) is 0 Å². The number of nitrogens with one attached hydrogen (secondary N) is 1. The molecule has 0 aliphatic rings.